The highest BCUT2D eigenvalue weighted by atomic mass is 28.4. The fraction of sp³-hybridized carbons (Fsp3) is 0.923. The Hall–Kier alpha value is -0.0962. The Balaban J connectivity index is 4.11. The van der Waals surface area contributed by atoms with Crippen molar-refractivity contribution in [1.29, 1.82) is 0 Å². The van der Waals surface area contributed by atoms with E-state index in [9.17, 15) is 0 Å². The molecule has 0 amide bonds. The van der Waals surface area contributed by atoms with Crippen molar-refractivity contribution in [3.05, 3.63) is 0 Å². The average Bonchev–Trinajstić information content (AvgIpc) is 2.08. The number of nitrogens with zero attached hydrogens (tertiary/aromatic N) is 1. The van der Waals surface area contributed by atoms with Gasteiger partial charge in [0.25, 0.3) is 0 Å². The zero-order chi connectivity index (χ0) is 13.5. The summed E-state index contributed by atoms with van der Waals surface area (Å²) in [6.07, 6.45) is 5.32. The molecule has 0 atom stereocenters. The van der Waals surface area contributed by atoms with E-state index in [0.29, 0.717) is 0 Å². The molecule has 2 nitrogen and oxygen atoms in total. The van der Waals surface area contributed by atoms with Gasteiger partial charge in [-0.05, 0) is 38.8 Å². The highest BCUT2D eigenvalue weighted by molar-refractivity contribution is 6.76. The van der Waals surface area contributed by atoms with Crippen LogP contribution in [0, 0.1) is 0 Å². The van der Waals surface area contributed by atoms with Crippen molar-refractivity contribution in [2.45, 2.75) is 78.3 Å². The SMILES string of the molecule is CCCCCC[Si](C)(C)OC(C)=N[Si](C)(C)C. The summed E-state index contributed by atoms with van der Waals surface area (Å²) in [4.78, 5) is 0. The minimum atomic E-state index is -1.52. The smallest absolute Gasteiger partial charge is 0.246 e. The molecule has 0 aromatic rings. The highest BCUT2D eigenvalue weighted by Crippen LogP contribution is 2.17. The van der Waals surface area contributed by atoms with Crippen LogP contribution >= 0.6 is 0 Å². The molecule has 0 bridgehead atoms. The maximum Gasteiger partial charge on any atom is 0.246 e. The summed E-state index contributed by atoms with van der Waals surface area (Å²) in [7, 11) is -2.90. The Morgan fingerprint density at radius 3 is 2.06 bits per heavy atom. The van der Waals surface area contributed by atoms with Gasteiger partial charge in [0.1, 0.15) is 0 Å². The molecule has 0 aromatic carbocycles. The second kappa shape index (κ2) is 7.36. The Kier molecular flexibility index (Phi) is 7.32. The van der Waals surface area contributed by atoms with Crippen molar-refractivity contribution >= 4 is 22.5 Å². The molecule has 0 N–H and O–H groups in total. The molecular weight excluding hydrogens is 242 g/mol. The van der Waals surface area contributed by atoms with Gasteiger partial charge in [-0.2, -0.15) is 0 Å². The van der Waals surface area contributed by atoms with Crippen molar-refractivity contribution in [1.82, 2.24) is 0 Å². The van der Waals surface area contributed by atoms with Crippen LogP contribution in [0.1, 0.15) is 39.5 Å². The summed E-state index contributed by atoms with van der Waals surface area (Å²) in [5, 5.41) is 0. The zero-order valence-electron chi connectivity index (χ0n) is 12.9. The van der Waals surface area contributed by atoms with Gasteiger partial charge in [-0.3, -0.25) is 4.66 Å². The fourth-order valence-corrected chi connectivity index (χ4v) is 5.05. The Morgan fingerprint density at radius 2 is 1.59 bits per heavy atom. The molecule has 0 fully saturated rings. The van der Waals surface area contributed by atoms with Crippen molar-refractivity contribution < 1.29 is 4.43 Å². The average molecular weight is 274 g/mol. The Bertz CT molecular complexity index is 244. The fourth-order valence-electron chi connectivity index (χ4n) is 1.92. The molecule has 0 radical (unpaired) electrons. The normalized spacial score (nSPS) is 13.9. The van der Waals surface area contributed by atoms with Crippen LogP contribution in [0.2, 0.25) is 38.8 Å². The summed E-state index contributed by atoms with van der Waals surface area (Å²) < 4.78 is 10.8. The third-order valence-corrected chi connectivity index (χ3v) is 5.94. The van der Waals surface area contributed by atoms with Crippen molar-refractivity contribution in [3.8, 4) is 0 Å². The molecule has 0 rings (SSSR count). The molecule has 4 heteroatoms. The van der Waals surface area contributed by atoms with Gasteiger partial charge in [-0.15, -0.1) is 0 Å². The predicted octanol–water partition coefficient (Wildman–Crippen LogP) is 5.04. The van der Waals surface area contributed by atoms with E-state index in [0.717, 1.165) is 5.90 Å². The molecule has 0 spiro atoms. The lowest BCUT2D eigenvalue weighted by molar-refractivity contribution is 0.530. The lowest BCUT2D eigenvalue weighted by atomic mass is 10.2. The van der Waals surface area contributed by atoms with Gasteiger partial charge in [-0.25, -0.2) is 0 Å². The van der Waals surface area contributed by atoms with Crippen molar-refractivity contribution in [3.63, 3.8) is 0 Å². The van der Waals surface area contributed by atoms with Gasteiger partial charge >= 0.3 is 0 Å². The van der Waals surface area contributed by atoms with Crippen molar-refractivity contribution in [2.24, 2.45) is 4.66 Å². The van der Waals surface area contributed by atoms with E-state index in [-0.39, 0.29) is 0 Å². The molecular formula is C13H31NOSi2. The van der Waals surface area contributed by atoms with Gasteiger partial charge in [0, 0.05) is 6.92 Å². The first-order valence-corrected chi connectivity index (χ1v) is 13.5. The van der Waals surface area contributed by atoms with Crippen LogP contribution < -0.4 is 0 Å². The standard InChI is InChI=1S/C13H31NOSi2/c1-8-9-10-11-12-17(6,7)15-13(2)14-16(3,4)5/h8-12H2,1-7H3. The summed E-state index contributed by atoms with van der Waals surface area (Å²) in [5.74, 6) is 0.927. The summed E-state index contributed by atoms with van der Waals surface area (Å²) >= 11 is 0. The van der Waals surface area contributed by atoms with Crippen LogP contribution in [0.5, 0.6) is 0 Å². The largest absolute Gasteiger partial charge is 0.535 e. The molecule has 0 aliphatic rings. The number of hydrogen-bond acceptors (Lipinski definition) is 2. The molecule has 0 saturated carbocycles. The third-order valence-electron chi connectivity index (χ3n) is 2.55. The lowest BCUT2D eigenvalue weighted by Gasteiger charge is -2.25. The minimum Gasteiger partial charge on any atom is -0.535 e. The second-order valence-corrected chi connectivity index (χ2v) is 15.3. The van der Waals surface area contributed by atoms with Crippen molar-refractivity contribution in [2.75, 3.05) is 0 Å². The zero-order valence-corrected chi connectivity index (χ0v) is 14.9. The van der Waals surface area contributed by atoms with E-state index in [1.54, 1.807) is 0 Å². The number of rotatable bonds is 7. The first-order valence-electron chi connectivity index (χ1n) is 6.92. The molecule has 0 aromatic heterocycles. The summed E-state index contributed by atoms with van der Waals surface area (Å²) in [6.45, 7) is 15.6. The van der Waals surface area contributed by atoms with Gasteiger partial charge < -0.3 is 4.43 Å². The van der Waals surface area contributed by atoms with Gasteiger partial charge in [0.05, 0.1) is 0 Å². The molecule has 102 valence electrons. The van der Waals surface area contributed by atoms with Crippen LogP contribution in [-0.4, -0.2) is 22.5 Å². The lowest BCUT2D eigenvalue weighted by Crippen LogP contribution is -2.33. The first kappa shape index (κ1) is 16.9. The Labute approximate surface area is 110 Å². The van der Waals surface area contributed by atoms with Gasteiger partial charge in [0.2, 0.25) is 8.32 Å². The molecule has 0 heterocycles. The third kappa shape index (κ3) is 10.8. The van der Waals surface area contributed by atoms with E-state index in [4.69, 9.17) is 9.08 Å². The summed E-state index contributed by atoms with van der Waals surface area (Å²) in [5.41, 5.74) is 0. The van der Waals surface area contributed by atoms with E-state index < -0.39 is 16.6 Å². The molecule has 17 heavy (non-hydrogen) atoms. The number of hydrogen-bond donors (Lipinski definition) is 0. The van der Waals surface area contributed by atoms with E-state index >= 15 is 0 Å². The molecule has 0 aliphatic heterocycles. The van der Waals surface area contributed by atoms with Crippen LogP contribution in [-0.2, 0) is 4.43 Å². The van der Waals surface area contributed by atoms with Crippen LogP contribution in [0.25, 0.3) is 0 Å². The van der Waals surface area contributed by atoms with Crippen LogP contribution in [0.15, 0.2) is 4.66 Å². The molecule has 0 unspecified atom stereocenters. The minimum absolute atomic E-state index is 0.927. The van der Waals surface area contributed by atoms with E-state index in [2.05, 4.69) is 39.7 Å². The maximum atomic E-state index is 6.12. The molecule has 0 saturated heterocycles. The topological polar surface area (TPSA) is 21.6 Å². The number of unbranched alkanes of at least 4 members (excludes halogenated alkanes) is 3. The van der Waals surface area contributed by atoms with Crippen LogP contribution in [0.3, 0.4) is 0 Å². The van der Waals surface area contributed by atoms with Gasteiger partial charge in [-0.1, -0.05) is 32.6 Å². The van der Waals surface area contributed by atoms with E-state index in [1.165, 1.54) is 31.7 Å². The van der Waals surface area contributed by atoms with Crippen LogP contribution in [0.4, 0.5) is 0 Å². The maximum absolute atomic E-state index is 6.12. The predicted molar refractivity (Wildman–Crippen MR) is 84.0 cm³/mol. The quantitative estimate of drug-likeness (QED) is 0.275. The summed E-state index contributed by atoms with van der Waals surface area (Å²) in [6, 6.07) is 1.26. The van der Waals surface area contributed by atoms with E-state index in [1.807, 2.05) is 6.92 Å². The molecule has 0 aliphatic carbocycles. The second-order valence-electron chi connectivity index (χ2n) is 6.47. The monoisotopic (exact) mass is 273 g/mol. The first-order chi connectivity index (χ1) is 7.66. The van der Waals surface area contributed by atoms with Gasteiger partial charge in [0.15, 0.2) is 14.1 Å². The Morgan fingerprint density at radius 1 is 1.00 bits per heavy atom. The highest BCUT2D eigenvalue weighted by Gasteiger charge is 2.24.